The minimum atomic E-state index is 0.0403. The second-order valence-corrected chi connectivity index (χ2v) is 5.82. The van der Waals surface area contributed by atoms with Crippen LogP contribution in [0.25, 0.3) is 10.1 Å². The molecule has 3 aromatic rings. The van der Waals surface area contributed by atoms with Crippen LogP contribution in [0.3, 0.4) is 0 Å². The van der Waals surface area contributed by atoms with Crippen LogP contribution in [0.5, 0.6) is 0 Å². The Hall–Kier alpha value is -1.64. The van der Waals surface area contributed by atoms with Gasteiger partial charge in [-0.25, -0.2) is 0 Å². The summed E-state index contributed by atoms with van der Waals surface area (Å²) < 4.78 is 1.31. The third-order valence-electron chi connectivity index (χ3n) is 3.73. The standard InChI is InChI=1S/C17H17NS/c1-12(13-7-3-2-4-8-13)17(18)15-11-19-16-10-6-5-9-14(15)16/h2-12,17H,18H2,1H3. The number of nitrogens with two attached hydrogens (primary N) is 1. The predicted octanol–water partition coefficient (Wildman–Crippen LogP) is 4.70. The van der Waals surface area contributed by atoms with Gasteiger partial charge in [-0.05, 0) is 28.0 Å². The minimum Gasteiger partial charge on any atom is -0.323 e. The molecule has 0 fully saturated rings. The van der Waals surface area contributed by atoms with E-state index in [1.54, 1.807) is 11.3 Å². The van der Waals surface area contributed by atoms with Crippen LogP contribution in [0.2, 0.25) is 0 Å². The van der Waals surface area contributed by atoms with Gasteiger partial charge in [-0.3, -0.25) is 0 Å². The van der Waals surface area contributed by atoms with Gasteiger partial charge >= 0.3 is 0 Å². The summed E-state index contributed by atoms with van der Waals surface area (Å²) in [7, 11) is 0. The Morgan fingerprint density at radius 3 is 2.42 bits per heavy atom. The van der Waals surface area contributed by atoms with Crippen molar-refractivity contribution >= 4 is 21.4 Å². The van der Waals surface area contributed by atoms with Crippen molar-refractivity contribution in [2.75, 3.05) is 0 Å². The maximum Gasteiger partial charge on any atom is 0.0376 e. The molecule has 0 aliphatic heterocycles. The van der Waals surface area contributed by atoms with Crippen LogP contribution in [0.1, 0.15) is 30.0 Å². The smallest absolute Gasteiger partial charge is 0.0376 e. The summed E-state index contributed by atoms with van der Waals surface area (Å²) in [6.07, 6.45) is 0. The molecule has 1 nitrogen and oxygen atoms in total. The molecule has 0 bridgehead atoms. The van der Waals surface area contributed by atoms with Gasteiger partial charge in [0.05, 0.1) is 0 Å². The average molecular weight is 267 g/mol. The molecule has 2 atom stereocenters. The third kappa shape index (κ3) is 2.29. The number of hydrogen-bond donors (Lipinski definition) is 1. The van der Waals surface area contributed by atoms with Crippen molar-refractivity contribution in [3.63, 3.8) is 0 Å². The highest BCUT2D eigenvalue weighted by atomic mass is 32.1. The lowest BCUT2D eigenvalue weighted by Gasteiger charge is -2.20. The first-order chi connectivity index (χ1) is 9.27. The van der Waals surface area contributed by atoms with E-state index in [9.17, 15) is 0 Å². The fourth-order valence-corrected chi connectivity index (χ4v) is 3.50. The van der Waals surface area contributed by atoms with Crippen molar-refractivity contribution in [3.8, 4) is 0 Å². The van der Waals surface area contributed by atoms with E-state index in [1.807, 2.05) is 6.07 Å². The number of hydrogen-bond acceptors (Lipinski definition) is 2. The van der Waals surface area contributed by atoms with Gasteiger partial charge in [0.15, 0.2) is 0 Å². The van der Waals surface area contributed by atoms with Gasteiger partial charge < -0.3 is 5.73 Å². The van der Waals surface area contributed by atoms with Gasteiger partial charge in [-0.1, -0.05) is 55.5 Å². The molecule has 19 heavy (non-hydrogen) atoms. The summed E-state index contributed by atoms with van der Waals surface area (Å²) in [5.74, 6) is 0.319. The molecule has 0 aliphatic carbocycles. The Labute approximate surface area is 117 Å². The van der Waals surface area contributed by atoms with Gasteiger partial charge in [0, 0.05) is 16.7 Å². The van der Waals surface area contributed by atoms with Gasteiger partial charge in [-0.2, -0.15) is 0 Å². The summed E-state index contributed by atoms with van der Waals surface area (Å²) in [6.45, 7) is 2.20. The van der Waals surface area contributed by atoms with Gasteiger partial charge in [-0.15, -0.1) is 11.3 Å². The predicted molar refractivity (Wildman–Crippen MR) is 83.6 cm³/mol. The van der Waals surface area contributed by atoms with Crippen LogP contribution in [0, 0.1) is 0 Å². The summed E-state index contributed by atoms with van der Waals surface area (Å²) in [4.78, 5) is 0. The number of fused-ring (bicyclic) bond motifs is 1. The molecule has 96 valence electrons. The maximum atomic E-state index is 6.49. The molecule has 0 spiro atoms. The second-order valence-electron chi connectivity index (χ2n) is 4.91. The number of thiophene rings is 1. The lowest BCUT2D eigenvalue weighted by molar-refractivity contribution is 0.603. The molecule has 0 saturated carbocycles. The Bertz CT molecular complexity index is 672. The fraction of sp³-hybridized carbons (Fsp3) is 0.176. The van der Waals surface area contributed by atoms with Crippen molar-refractivity contribution in [2.45, 2.75) is 18.9 Å². The van der Waals surface area contributed by atoms with Crippen molar-refractivity contribution in [2.24, 2.45) is 5.73 Å². The Morgan fingerprint density at radius 1 is 0.947 bits per heavy atom. The summed E-state index contributed by atoms with van der Waals surface area (Å²) in [5.41, 5.74) is 9.05. The molecule has 1 heterocycles. The highest BCUT2D eigenvalue weighted by molar-refractivity contribution is 7.17. The van der Waals surface area contributed by atoms with Crippen molar-refractivity contribution in [1.29, 1.82) is 0 Å². The molecule has 2 aromatic carbocycles. The first-order valence-corrected chi connectivity index (χ1v) is 7.42. The molecule has 1 aromatic heterocycles. The van der Waals surface area contributed by atoms with E-state index in [4.69, 9.17) is 5.73 Å². The highest BCUT2D eigenvalue weighted by Gasteiger charge is 2.19. The van der Waals surface area contributed by atoms with Gasteiger partial charge in [0.2, 0.25) is 0 Å². The van der Waals surface area contributed by atoms with Gasteiger partial charge in [0.25, 0.3) is 0 Å². The average Bonchev–Trinajstić information content (AvgIpc) is 2.90. The quantitative estimate of drug-likeness (QED) is 0.731. The molecule has 2 N–H and O–H groups in total. The molecule has 0 amide bonds. The van der Waals surface area contributed by atoms with Crippen LogP contribution in [-0.4, -0.2) is 0 Å². The summed E-state index contributed by atoms with van der Waals surface area (Å²) >= 11 is 1.77. The van der Waals surface area contributed by atoms with E-state index in [0.717, 1.165) is 0 Å². The Balaban J connectivity index is 1.98. The number of rotatable bonds is 3. The lowest BCUT2D eigenvalue weighted by atomic mass is 9.89. The molecular weight excluding hydrogens is 250 g/mol. The van der Waals surface area contributed by atoms with Crippen LogP contribution in [0.15, 0.2) is 60.0 Å². The van der Waals surface area contributed by atoms with Crippen molar-refractivity contribution in [1.82, 2.24) is 0 Å². The van der Waals surface area contributed by atoms with E-state index < -0.39 is 0 Å². The Morgan fingerprint density at radius 2 is 1.63 bits per heavy atom. The third-order valence-corrected chi connectivity index (χ3v) is 4.72. The topological polar surface area (TPSA) is 26.0 Å². The van der Waals surface area contributed by atoms with Crippen LogP contribution in [0.4, 0.5) is 0 Å². The molecule has 2 heteroatoms. The normalized spacial score (nSPS) is 14.4. The van der Waals surface area contributed by atoms with E-state index in [-0.39, 0.29) is 6.04 Å². The van der Waals surface area contributed by atoms with Gasteiger partial charge in [0.1, 0.15) is 0 Å². The highest BCUT2D eigenvalue weighted by Crippen LogP contribution is 2.35. The summed E-state index contributed by atoms with van der Waals surface area (Å²) in [5, 5.41) is 3.50. The zero-order valence-electron chi connectivity index (χ0n) is 10.9. The molecule has 2 unspecified atom stereocenters. The second kappa shape index (κ2) is 5.16. The maximum absolute atomic E-state index is 6.49. The van der Waals surface area contributed by atoms with E-state index in [1.165, 1.54) is 21.2 Å². The molecule has 0 saturated heterocycles. The Kier molecular flexibility index (Phi) is 3.36. The zero-order chi connectivity index (χ0) is 13.2. The van der Waals surface area contributed by atoms with Crippen molar-refractivity contribution < 1.29 is 0 Å². The molecular formula is C17H17NS. The first kappa shape index (κ1) is 12.4. The first-order valence-electron chi connectivity index (χ1n) is 6.54. The number of benzene rings is 2. The SMILES string of the molecule is CC(c1ccccc1)C(N)c1csc2ccccc12. The minimum absolute atomic E-state index is 0.0403. The van der Waals surface area contributed by atoms with E-state index in [0.29, 0.717) is 5.92 Å². The van der Waals surface area contributed by atoms with Crippen molar-refractivity contribution in [3.05, 3.63) is 71.1 Å². The van der Waals surface area contributed by atoms with E-state index >= 15 is 0 Å². The summed E-state index contributed by atoms with van der Waals surface area (Å²) in [6, 6.07) is 19.0. The zero-order valence-corrected chi connectivity index (χ0v) is 11.7. The van der Waals surface area contributed by atoms with Crippen LogP contribution >= 0.6 is 11.3 Å². The van der Waals surface area contributed by atoms with Crippen LogP contribution in [-0.2, 0) is 0 Å². The van der Waals surface area contributed by atoms with E-state index in [2.05, 4.69) is 60.8 Å². The molecule has 3 rings (SSSR count). The molecule has 0 aliphatic rings. The largest absolute Gasteiger partial charge is 0.323 e. The monoisotopic (exact) mass is 267 g/mol. The lowest BCUT2D eigenvalue weighted by Crippen LogP contribution is -2.17. The fourth-order valence-electron chi connectivity index (χ4n) is 2.49. The van der Waals surface area contributed by atoms with Crippen LogP contribution < -0.4 is 5.73 Å². The molecule has 0 radical (unpaired) electrons.